The van der Waals surface area contributed by atoms with Crippen LogP contribution in [-0.4, -0.2) is 21.0 Å². The monoisotopic (exact) mass is 314 g/mol. The van der Waals surface area contributed by atoms with Gasteiger partial charge in [-0.15, -0.1) is 0 Å². The molecule has 0 saturated heterocycles. The Bertz CT molecular complexity index is 979. The topological polar surface area (TPSA) is 63.1 Å². The summed E-state index contributed by atoms with van der Waals surface area (Å²) in [5.41, 5.74) is 4.16. The second-order valence-electron chi connectivity index (χ2n) is 5.63. The molecule has 24 heavy (non-hydrogen) atoms. The Morgan fingerprint density at radius 2 is 1.67 bits per heavy atom. The maximum absolute atomic E-state index is 11.2. The lowest BCUT2D eigenvalue weighted by atomic mass is 10.00. The molecule has 4 rings (SSSR count). The minimum atomic E-state index is -0.965. The molecule has 3 aromatic rings. The summed E-state index contributed by atoms with van der Waals surface area (Å²) in [7, 11) is 0. The van der Waals surface area contributed by atoms with Crippen molar-refractivity contribution in [2.24, 2.45) is 0 Å². The van der Waals surface area contributed by atoms with E-state index in [9.17, 15) is 9.90 Å². The second kappa shape index (κ2) is 5.74. The average molecular weight is 314 g/mol. The van der Waals surface area contributed by atoms with Gasteiger partial charge in [0.05, 0.1) is 28.0 Å². The lowest BCUT2D eigenvalue weighted by Crippen LogP contribution is -2.03. The van der Waals surface area contributed by atoms with Crippen LogP contribution >= 0.6 is 0 Å². The molecule has 1 aromatic heterocycles. The molecule has 0 spiro atoms. The molecule has 4 nitrogen and oxygen atoms in total. The van der Waals surface area contributed by atoms with Gasteiger partial charge in [0.2, 0.25) is 0 Å². The van der Waals surface area contributed by atoms with Crippen LogP contribution in [0.5, 0.6) is 0 Å². The van der Waals surface area contributed by atoms with Crippen molar-refractivity contribution in [2.75, 3.05) is 0 Å². The fourth-order valence-electron chi connectivity index (χ4n) is 2.86. The van der Waals surface area contributed by atoms with Crippen LogP contribution in [0.1, 0.15) is 22.0 Å². The van der Waals surface area contributed by atoms with E-state index in [0.29, 0.717) is 11.0 Å². The molecule has 4 heteroatoms. The van der Waals surface area contributed by atoms with Crippen LogP contribution < -0.4 is 0 Å². The normalized spacial score (nSPS) is 13.7. The first-order chi connectivity index (χ1) is 11.7. The number of hydrogen-bond donors (Lipinski definition) is 1. The zero-order valence-electron chi connectivity index (χ0n) is 12.8. The minimum Gasteiger partial charge on any atom is -0.478 e. The third-order valence-corrected chi connectivity index (χ3v) is 4.05. The van der Waals surface area contributed by atoms with Crippen molar-refractivity contribution in [3.63, 3.8) is 0 Å². The van der Waals surface area contributed by atoms with Crippen LogP contribution in [0.3, 0.4) is 0 Å². The van der Waals surface area contributed by atoms with Crippen molar-refractivity contribution in [1.82, 2.24) is 9.97 Å². The number of allylic oxidation sites excluding steroid dienone is 4. The standard InChI is InChI=1S/C20H14N2O2/c23-20(24)15-10-11-16-17(12-15)22-19(14-8-4-5-9-14)18(21-16)13-6-2-1-3-7-13/h1-12,14H,(H,23,24). The molecule has 0 bridgehead atoms. The first kappa shape index (κ1) is 14.3. The molecular weight excluding hydrogens is 300 g/mol. The molecule has 2 aromatic carbocycles. The summed E-state index contributed by atoms with van der Waals surface area (Å²) < 4.78 is 0. The Morgan fingerprint density at radius 1 is 0.917 bits per heavy atom. The lowest BCUT2D eigenvalue weighted by Gasteiger charge is -2.13. The zero-order valence-corrected chi connectivity index (χ0v) is 12.8. The quantitative estimate of drug-likeness (QED) is 0.787. The molecule has 0 aliphatic heterocycles. The number of carboxylic acids is 1. The van der Waals surface area contributed by atoms with Gasteiger partial charge in [0.1, 0.15) is 0 Å². The molecule has 1 aliphatic carbocycles. The van der Waals surface area contributed by atoms with Crippen LogP contribution in [-0.2, 0) is 0 Å². The van der Waals surface area contributed by atoms with E-state index in [4.69, 9.17) is 9.97 Å². The van der Waals surface area contributed by atoms with E-state index in [1.807, 2.05) is 42.5 Å². The van der Waals surface area contributed by atoms with Gasteiger partial charge in [0.15, 0.2) is 0 Å². The number of carboxylic acid groups (broad SMARTS) is 1. The molecule has 0 amide bonds. The Morgan fingerprint density at radius 3 is 2.38 bits per heavy atom. The molecule has 1 heterocycles. The van der Waals surface area contributed by atoms with Gasteiger partial charge >= 0.3 is 5.97 Å². The van der Waals surface area contributed by atoms with E-state index < -0.39 is 5.97 Å². The highest BCUT2D eigenvalue weighted by molar-refractivity contribution is 5.92. The third-order valence-electron chi connectivity index (χ3n) is 4.05. The van der Waals surface area contributed by atoms with Gasteiger partial charge in [-0.05, 0) is 18.2 Å². The van der Waals surface area contributed by atoms with Crippen molar-refractivity contribution in [3.8, 4) is 11.3 Å². The third kappa shape index (κ3) is 2.48. The largest absolute Gasteiger partial charge is 0.478 e. The van der Waals surface area contributed by atoms with Gasteiger partial charge in [0.25, 0.3) is 0 Å². The van der Waals surface area contributed by atoms with Crippen molar-refractivity contribution in [3.05, 3.63) is 84.1 Å². The van der Waals surface area contributed by atoms with Gasteiger partial charge in [-0.1, -0.05) is 54.6 Å². The number of benzene rings is 2. The molecule has 1 aliphatic rings. The number of carbonyl (C=O) groups is 1. The van der Waals surface area contributed by atoms with Crippen LogP contribution in [0.2, 0.25) is 0 Å². The van der Waals surface area contributed by atoms with E-state index in [1.54, 1.807) is 18.2 Å². The molecule has 0 atom stereocenters. The summed E-state index contributed by atoms with van der Waals surface area (Å²) in [4.78, 5) is 20.7. The Labute approximate surface area is 138 Å². The Kier molecular flexibility index (Phi) is 3.43. The first-order valence-electron chi connectivity index (χ1n) is 7.68. The minimum absolute atomic E-state index is 0.0468. The summed E-state index contributed by atoms with van der Waals surface area (Å²) in [6, 6.07) is 14.8. The van der Waals surface area contributed by atoms with Crippen molar-refractivity contribution in [1.29, 1.82) is 0 Å². The van der Waals surface area contributed by atoms with E-state index >= 15 is 0 Å². The molecule has 1 N–H and O–H groups in total. The fraction of sp³-hybridized carbons (Fsp3) is 0.0500. The van der Waals surface area contributed by atoms with Gasteiger partial charge in [0, 0.05) is 11.5 Å². The maximum Gasteiger partial charge on any atom is 0.335 e. The number of rotatable bonds is 3. The summed E-state index contributed by atoms with van der Waals surface area (Å²) >= 11 is 0. The molecule has 0 fully saturated rings. The van der Waals surface area contributed by atoms with Crippen molar-refractivity contribution in [2.45, 2.75) is 5.92 Å². The number of fused-ring (bicyclic) bond motifs is 1. The fourth-order valence-corrected chi connectivity index (χ4v) is 2.86. The summed E-state index contributed by atoms with van der Waals surface area (Å²) in [5.74, 6) is -0.918. The molecular formula is C20H14N2O2. The summed E-state index contributed by atoms with van der Waals surface area (Å²) in [6.07, 6.45) is 8.09. The van der Waals surface area contributed by atoms with Gasteiger partial charge in [-0.2, -0.15) is 0 Å². The van der Waals surface area contributed by atoms with Crippen molar-refractivity contribution >= 4 is 17.0 Å². The van der Waals surface area contributed by atoms with Crippen LogP contribution in [0.25, 0.3) is 22.3 Å². The predicted octanol–water partition coefficient (Wildman–Crippen LogP) is 4.20. The number of aromatic nitrogens is 2. The highest BCUT2D eigenvalue weighted by Crippen LogP contribution is 2.31. The Hall–Kier alpha value is -3.27. The highest BCUT2D eigenvalue weighted by Gasteiger charge is 2.18. The average Bonchev–Trinajstić information content (AvgIpc) is 3.15. The smallest absolute Gasteiger partial charge is 0.335 e. The number of aromatic carboxylic acids is 1. The van der Waals surface area contributed by atoms with E-state index in [-0.39, 0.29) is 11.5 Å². The molecule has 116 valence electrons. The summed E-state index contributed by atoms with van der Waals surface area (Å²) in [5, 5.41) is 9.19. The van der Waals surface area contributed by atoms with Gasteiger partial charge < -0.3 is 5.11 Å². The predicted molar refractivity (Wildman–Crippen MR) is 93.0 cm³/mol. The van der Waals surface area contributed by atoms with Crippen LogP contribution in [0, 0.1) is 0 Å². The molecule has 0 radical (unpaired) electrons. The Balaban J connectivity index is 1.97. The van der Waals surface area contributed by atoms with Gasteiger partial charge in [-0.25, -0.2) is 14.8 Å². The van der Waals surface area contributed by atoms with E-state index in [1.165, 1.54) is 0 Å². The highest BCUT2D eigenvalue weighted by atomic mass is 16.4. The van der Waals surface area contributed by atoms with E-state index in [0.717, 1.165) is 17.0 Å². The second-order valence-corrected chi connectivity index (χ2v) is 5.63. The van der Waals surface area contributed by atoms with E-state index in [2.05, 4.69) is 12.2 Å². The summed E-state index contributed by atoms with van der Waals surface area (Å²) in [6.45, 7) is 0. The number of hydrogen-bond acceptors (Lipinski definition) is 3. The lowest BCUT2D eigenvalue weighted by molar-refractivity contribution is 0.0697. The molecule has 0 saturated carbocycles. The van der Waals surface area contributed by atoms with Crippen LogP contribution in [0.4, 0.5) is 0 Å². The maximum atomic E-state index is 11.2. The zero-order chi connectivity index (χ0) is 16.5. The SMILES string of the molecule is O=C(O)c1ccc2nc(-c3ccccc3)c(C3C=CC=C3)nc2c1. The van der Waals surface area contributed by atoms with Crippen LogP contribution in [0.15, 0.2) is 72.8 Å². The first-order valence-corrected chi connectivity index (χ1v) is 7.68. The molecule has 0 unspecified atom stereocenters. The van der Waals surface area contributed by atoms with Crippen molar-refractivity contribution < 1.29 is 9.90 Å². The van der Waals surface area contributed by atoms with Gasteiger partial charge in [-0.3, -0.25) is 0 Å². The number of nitrogens with zero attached hydrogens (tertiary/aromatic N) is 2.